The van der Waals surface area contributed by atoms with Crippen LogP contribution in [0.4, 0.5) is 0 Å². The number of hydrogen-bond acceptors (Lipinski definition) is 5. The molecule has 2 saturated heterocycles. The van der Waals surface area contributed by atoms with Crippen molar-refractivity contribution in [3.63, 3.8) is 0 Å². The van der Waals surface area contributed by atoms with Crippen LogP contribution in [-0.4, -0.2) is 67.1 Å². The molecule has 0 spiro atoms. The summed E-state index contributed by atoms with van der Waals surface area (Å²) in [4.78, 5) is 28.9. The molecule has 7 nitrogen and oxygen atoms in total. The van der Waals surface area contributed by atoms with Crippen molar-refractivity contribution in [2.24, 2.45) is 0 Å². The minimum atomic E-state index is -0.141. The average molecular weight is 384 g/mol. The molecule has 2 amide bonds. The highest BCUT2D eigenvalue weighted by Gasteiger charge is 2.28. The van der Waals surface area contributed by atoms with E-state index in [1.165, 1.54) is 6.26 Å². The molecule has 2 fully saturated rings. The SMILES string of the molecule is O=C(c1ccco1)N1CCN(C(=O)c2ccccc2OCC2CCCO2)CC1. The fraction of sp³-hybridized carbons (Fsp3) is 0.429. The molecule has 4 rings (SSSR count). The summed E-state index contributed by atoms with van der Waals surface area (Å²) < 4.78 is 16.7. The number of furan rings is 1. The number of carbonyl (C=O) groups is 2. The Hall–Kier alpha value is -2.80. The number of para-hydroxylation sites is 1. The van der Waals surface area contributed by atoms with Gasteiger partial charge in [0.05, 0.1) is 17.9 Å². The molecule has 2 aromatic rings. The fourth-order valence-electron chi connectivity index (χ4n) is 3.57. The van der Waals surface area contributed by atoms with E-state index in [9.17, 15) is 9.59 Å². The normalized spacial score (nSPS) is 19.6. The van der Waals surface area contributed by atoms with Crippen LogP contribution in [-0.2, 0) is 4.74 Å². The topological polar surface area (TPSA) is 72.2 Å². The molecule has 1 aromatic carbocycles. The second-order valence-corrected chi connectivity index (χ2v) is 7.00. The van der Waals surface area contributed by atoms with Crippen LogP contribution < -0.4 is 4.74 Å². The highest BCUT2D eigenvalue weighted by atomic mass is 16.5. The molecule has 0 aliphatic carbocycles. The van der Waals surface area contributed by atoms with Crippen molar-refractivity contribution >= 4 is 11.8 Å². The largest absolute Gasteiger partial charge is 0.490 e. The van der Waals surface area contributed by atoms with Gasteiger partial charge < -0.3 is 23.7 Å². The minimum Gasteiger partial charge on any atom is -0.490 e. The van der Waals surface area contributed by atoms with Gasteiger partial charge in [0.15, 0.2) is 5.76 Å². The van der Waals surface area contributed by atoms with E-state index in [-0.39, 0.29) is 17.9 Å². The second-order valence-electron chi connectivity index (χ2n) is 7.00. The van der Waals surface area contributed by atoms with Crippen molar-refractivity contribution in [3.8, 4) is 5.75 Å². The number of hydrogen-bond donors (Lipinski definition) is 0. The molecule has 7 heteroatoms. The first kappa shape index (κ1) is 18.6. The van der Waals surface area contributed by atoms with Crippen molar-refractivity contribution in [1.82, 2.24) is 9.80 Å². The first-order chi connectivity index (χ1) is 13.7. The first-order valence-corrected chi connectivity index (χ1v) is 9.68. The highest BCUT2D eigenvalue weighted by molar-refractivity contribution is 5.97. The standard InChI is InChI=1S/C21H24N2O5/c24-20(17-6-1-2-7-18(17)28-15-16-5-3-13-26-16)22-9-11-23(12-10-22)21(25)19-8-4-14-27-19/h1-2,4,6-8,14,16H,3,5,9-13,15H2. The lowest BCUT2D eigenvalue weighted by Gasteiger charge is -2.34. The number of carbonyl (C=O) groups excluding carboxylic acids is 2. The lowest BCUT2D eigenvalue weighted by atomic mass is 10.1. The zero-order valence-corrected chi connectivity index (χ0v) is 15.7. The molecule has 1 unspecified atom stereocenters. The van der Waals surface area contributed by atoms with Gasteiger partial charge in [-0.15, -0.1) is 0 Å². The molecular weight excluding hydrogens is 360 g/mol. The van der Waals surface area contributed by atoms with Gasteiger partial charge in [-0.05, 0) is 37.1 Å². The molecule has 0 N–H and O–H groups in total. The summed E-state index contributed by atoms with van der Waals surface area (Å²) in [6.45, 7) is 3.14. The lowest BCUT2D eigenvalue weighted by molar-refractivity contribution is 0.0508. The number of rotatable bonds is 5. The van der Waals surface area contributed by atoms with Crippen LogP contribution >= 0.6 is 0 Å². The summed E-state index contributed by atoms with van der Waals surface area (Å²) in [6.07, 6.45) is 3.62. The first-order valence-electron chi connectivity index (χ1n) is 9.68. The molecule has 2 aliphatic rings. The molecular formula is C21H24N2O5. The molecule has 148 valence electrons. The van der Waals surface area contributed by atoms with Gasteiger partial charge in [-0.3, -0.25) is 9.59 Å². The third-order valence-electron chi connectivity index (χ3n) is 5.15. The Labute approximate surface area is 163 Å². The minimum absolute atomic E-state index is 0.0759. The Balaban J connectivity index is 1.36. The van der Waals surface area contributed by atoms with Crippen LogP contribution in [0.5, 0.6) is 5.75 Å². The Morgan fingerprint density at radius 3 is 2.43 bits per heavy atom. The summed E-state index contributed by atoms with van der Waals surface area (Å²) in [5.41, 5.74) is 0.548. The number of piperazine rings is 1. The van der Waals surface area contributed by atoms with Crippen LogP contribution in [0.25, 0.3) is 0 Å². The van der Waals surface area contributed by atoms with Crippen molar-refractivity contribution in [3.05, 3.63) is 54.0 Å². The van der Waals surface area contributed by atoms with Crippen LogP contribution in [0.15, 0.2) is 47.1 Å². The van der Waals surface area contributed by atoms with E-state index in [1.54, 1.807) is 28.0 Å². The van der Waals surface area contributed by atoms with Crippen LogP contribution in [0.3, 0.4) is 0 Å². The molecule has 0 saturated carbocycles. The zero-order valence-electron chi connectivity index (χ0n) is 15.7. The molecule has 1 aromatic heterocycles. The van der Waals surface area contributed by atoms with Crippen LogP contribution in [0.1, 0.15) is 33.8 Å². The van der Waals surface area contributed by atoms with Gasteiger partial charge in [0.25, 0.3) is 11.8 Å². The van der Waals surface area contributed by atoms with Gasteiger partial charge in [0.1, 0.15) is 12.4 Å². The molecule has 2 aliphatic heterocycles. The van der Waals surface area contributed by atoms with E-state index >= 15 is 0 Å². The van der Waals surface area contributed by atoms with Gasteiger partial charge >= 0.3 is 0 Å². The summed E-state index contributed by atoms with van der Waals surface area (Å²) in [5.74, 6) is 0.690. The van der Waals surface area contributed by atoms with E-state index in [1.807, 2.05) is 18.2 Å². The van der Waals surface area contributed by atoms with Crippen molar-refractivity contribution in [2.75, 3.05) is 39.4 Å². The summed E-state index contributed by atoms with van der Waals surface area (Å²) >= 11 is 0. The van der Waals surface area contributed by atoms with Gasteiger partial charge in [-0.25, -0.2) is 0 Å². The van der Waals surface area contributed by atoms with E-state index in [2.05, 4.69) is 0 Å². The zero-order chi connectivity index (χ0) is 19.3. The number of ether oxygens (including phenoxy) is 2. The highest BCUT2D eigenvalue weighted by Crippen LogP contribution is 2.23. The van der Waals surface area contributed by atoms with Gasteiger partial charge in [0, 0.05) is 32.8 Å². The maximum atomic E-state index is 13.0. The smallest absolute Gasteiger partial charge is 0.289 e. The summed E-state index contributed by atoms with van der Waals surface area (Å²) in [5, 5.41) is 0. The number of nitrogens with zero attached hydrogens (tertiary/aromatic N) is 2. The Kier molecular flexibility index (Phi) is 5.62. The quantitative estimate of drug-likeness (QED) is 0.792. The van der Waals surface area contributed by atoms with Gasteiger partial charge in [-0.2, -0.15) is 0 Å². The van der Waals surface area contributed by atoms with E-state index < -0.39 is 0 Å². The van der Waals surface area contributed by atoms with Gasteiger partial charge in [0.2, 0.25) is 0 Å². The Morgan fingerprint density at radius 2 is 1.75 bits per heavy atom. The molecule has 28 heavy (non-hydrogen) atoms. The van der Waals surface area contributed by atoms with Crippen LogP contribution in [0, 0.1) is 0 Å². The third kappa shape index (κ3) is 4.04. The third-order valence-corrected chi connectivity index (χ3v) is 5.15. The second kappa shape index (κ2) is 8.48. The fourth-order valence-corrected chi connectivity index (χ4v) is 3.57. The monoisotopic (exact) mass is 384 g/mol. The van der Waals surface area contributed by atoms with Crippen molar-refractivity contribution in [2.45, 2.75) is 18.9 Å². The summed E-state index contributed by atoms with van der Waals surface area (Å²) in [6, 6.07) is 10.7. The van der Waals surface area contributed by atoms with E-state index in [0.29, 0.717) is 49.9 Å². The average Bonchev–Trinajstić information content (AvgIpc) is 3.46. The molecule has 0 radical (unpaired) electrons. The van der Waals surface area contributed by atoms with E-state index in [4.69, 9.17) is 13.9 Å². The summed E-state index contributed by atoms with van der Waals surface area (Å²) in [7, 11) is 0. The van der Waals surface area contributed by atoms with Crippen molar-refractivity contribution < 1.29 is 23.5 Å². The maximum absolute atomic E-state index is 13.0. The van der Waals surface area contributed by atoms with E-state index in [0.717, 1.165) is 19.4 Å². The predicted octanol–water partition coefficient (Wildman–Crippen LogP) is 2.44. The molecule has 3 heterocycles. The maximum Gasteiger partial charge on any atom is 0.289 e. The Bertz CT molecular complexity index is 806. The molecule has 0 bridgehead atoms. The lowest BCUT2D eigenvalue weighted by Crippen LogP contribution is -2.50. The van der Waals surface area contributed by atoms with Crippen molar-refractivity contribution in [1.29, 1.82) is 0 Å². The number of amides is 2. The Morgan fingerprint density at radius 1 is 1.00 bits per heavy atom. The molecule has 1 atom stereocenters. The van der Waals surface area contributed by atoms with Gasteiger partial charge in [-0.1, -0.05) is 12.1 Å². The number of benzene rings is 1. The van der Waals surface area contributed by atoms with Crippen LogP contribution in [0.2, 0.25) is 0 Å². The predicted molar refractivity (Wildman–Crippen MR) is 101 cm³/mol.